The van der Waals surface area contributed by atoms with Crippen molar-refractivity contribution in [2.24, 2.45) is 0 Å². The second kappa shape index (κ2) is 5.46. The van der Waals surface area contributed by atoms with Gasteiger partial charge in [0.25, 0.3) is 5.56 Å². The summed E-state index contributed by atoms with van der Waals surface area (Å²) in [5, 5.41) is 6.27. The number of halogens is 1. The van der Waals surface area contributed by atoms with Gasteiger partial charge in [-0.25, -0.2) is 9.89 Å². The van der Waals surface area contributed by atoms with Crippen molar-refractivity contribution in [2.45, 2.75) is 13.8 Å². The Morgan fingerprint density at radius 3 is 2.70 bits per heavy atom. The Labute approximate surface area is 120 Å². The normalized spacial score (nSPS) is 10.4. The number of rotatable bonds is 2. The smallest absolute Gasteiger partial charge is 0.337 e. The SMILES string of the molecule is COC(=O)c1ccc(C)c(-c2c(Cl)n[nH]c(=O)c2C)c1. The van der Waals surface area contributed by atoms with Crippen LogP contribution in [-0.2, 0) is 4.74 Å². The molecule has 0 amide bonds. The van der Waals surface area contributed by atoms with E-state index >= 15 is 0 Å². The number of aromatic nitrogens is 2. The molecule has 0 radical (unpaired) electrons. The van der Waals surface area contributed by atoms with Crippen LogP contribution in [0.4, 0.5) is 0 Å². The zero-order chi connectivity index (χ0) is 14.9. The van der Waals surface area contributed by atoms with Crippen molar-refractivity contribution in [1.82, 2.24) is 10.2 Å². The monoisotopic (exact) mass is 292 g/mol. The van der Waals surface area contributed by atoms with E-state index in [1.54, 1.807) is 25.1 Å². The minimum Gasteiger partial charge on any atom is -0.465 e. The fourth-order valence-electron chi connectivity index (χ4n) is 1.96. The average molecular weight is 293 g/mol. The van der Waals surface area contributed by atoms with Crippen LogP contribution in [0.2, 0.25) is 5.15 Å². The molecule has 1 aromatic heterocycles. The Kier molecular flexibility index (Phi) is 3.90. The van der Waals surface area contributed by atoms with Crippen LogP contribution in [0.15, 0.2) is 23.0 Å². The first-order valence-electron chi connectivity index (χ1n) is 5.89. The van der Waals surface area contributed by atoms with E-state index in [9.17, 15) is 9.59 Å². The van der Waals surface area contributed by atoms with Gasteiger partial charge in [0.1, 0.15) is 0 Å². The Morgan fingerprint density at radius 1 is 1.35 bits per heavy atom. The highest BCUT2D eigenvalue weighted by atomic mass is 35.5. The third-order valence-electron chi connectivity index (χ3n) is 3.11. The van der Waals surface area contributed by atoms with Crippen LogP contribution in [0.25, 0.3) is 11.1 Å². The highest BCUT2D eigenvalue weighted by Gasteiger charge is 2.16. The molecule has 0 aliphatic heterocycles. The van der Waals surface area contributed by atoms with Crippen molar-refractivity contribution in [3.63, 3.8) is 0 Å². The van der Waals surface area contributed by atoms with Crippen LogP contribution in [0.1, 0.15) is 21.5 Å². The van der Waals surface area contributed by atoms with Gasteiger partial charge in [-0.3, -0.25) is 4.79 Å². The highest BCUT2D eigenvalue weighted by molar-refractivity contribution is 6.32. The molecule has 0 saturated heterocycles. The fourth-order valence-corrected chi connectivity index (χ4v) is 2.24. The molecule has 1 heterocycles. The third kappa shape index (κ3) is 2.44. The van der Waals surface area contributed by atoms with Gasteiger partial charge < -0.3 is 4.74 Å². The maximum atomic E-state index is 11.7. The quantitative estimate of drug-likeness (QED) is 0.863. The first-order chi connectivity index (χ1) is 9.45. The molecule has 20 heavy (non-hydrogen) atoms. The van der Waals surface area contributed by atoms with Crippen molar-refractivity contribution in [3.8, 4) is 11.1 Å². The minimum absolute atomic E-state index is 0.187. The lowest BCUT2D eigenvalue weighted by Gasteiger charge is -2.11. The van der Waals surface area contributed by atoms with Gasteiger partial charge in [-0.1, -0.05) is 17.7 Å². The van der Waals surface area contributed by atoms with E-state index in [0.29, 0.717) is 22.3 Å². The van der Waals surface area contributed by atoms with Gasteiger partial charge in [0.2, 0.25) is 0 Å². The molecule has 0 saturated carbocycles. The lowest BCUT2D eigenvalue weighted by molar-refractivity contribution is 0.0601. The Balaban J connectivity index is 2.73. The number of H-pyrrole nitrogens is 1. The van der Waals surface area contributed by atoms with Gasteiger partial charge in [-0.2, -0.15) is 5.10 Å². The molecule has 0 spiro atoms. The predicted octanol–water partition coefficient (Wildman–Crippen LogP) is 2.49. The summed E-state index contributed by atoms with van der Waals surface area (Å²) in [4.78, 5) is 23.3. The number of nitrogens with zero attached hydrogens (tertiary/aromatic N) is 1. The molecule has 0 unspecified atom stereocenters. The number of carbonyl (C=O) groups excluding carboxylic acids is 1. The number of nitrogens with one attached hydrogen (secondary N) is 1. The standard InChI is InChI=1S/C14H13ClN2O3/c1-7-4-5-9(14(19)20-3)6-10(7)11-8(2)13(18)17-16-12(11)15/h4-6H,1-3H3,(H,17,18). The maximum absolute atomic E-state index is 11.7. The van der Waals surface area contributed by atoms with Gasteiger partial charge in [0, 0.05) is 11.1 Å². The summed E-state index contributed by atoms with van der Waals surface area (Å²) in [6.07, 6.45) is 0. The molecule has 0 aliphatic carbocycles. The van der Waals surface area contributed by atoms with Crippen LogP contribution in [-0.4, -0.2) is 23.3 Å². The number of ether oxygens (including phenoxy) is 1. The fraction of sp³-hybridized carbons (Fsp3) is 0.214. The van der Waals surface area contributed by atoms with Crippen molar-refractivity contribution in [2.75, 3.05) is 7.11 Å². The predicted molar refractivity (Wildman–Crippen MR) is 76.1 cm³/mol. The maximum Gasteiger partial charge on any atom is 0.337 e. The summed E-state index contributed by atoms with van der Waals surface area (Å²) in [6.45, 7) is 3.53. The number of esters is 1. The molecule has 6 heteroatoms. The van der Waals surface area contributed by atoms with E-state index in [2.05, 4.69) is 10.2 Å². The molecule has 0 atom stereocenters. The van der Waals surface area contributed by atoms with E-state index < -0.39 is 5.97 Å². The number of benzene rings is 1. The summed E-state index contributed by atoms with van der Waals surface area (Å²) < 4.78 is 4.70. The van der Waals surface area contributed by atoms with E-state index in [1.807, 2.05) is 6.92 Å². The number of hydrogen-bond acceptors (Lipinski definition) is 4. The molecule has 1 aromatic carbocycles. The van der Waals surface area contributed by atoms with E-state index in [-0.39, 0.29) is 10.7 Å². The van der Waals surface area contributed by atoms with Gasteiger partial charge in [0.05, 0.1) is 12.7 Å². The van der Waals surface area contributed by atoms with Crippen LogP contribution in [0.3, 0.4) is 0 Å². The second-order valence-corrected chi connectivity index (χ2v) is 4.72. The number of carbonyl (C=O) groups is 1. The van der Waals surface area contributed by atoms with Gasteiger partial charge >= 0.3 is 5.97 Å². The summed E-state index contributed by atoms with van der Waals surface area (Å²) >= 11 is 6.08. The number of aryl methyl sites for hydroxylation is 1. The lowest BCUT2D eigenvalue weighted by atomic mass is 9.97. The largest absolute Gasteiger partial charge is 0.465 e. The zero-order valence-corrected chi connectivity index (χ0v) is 12.0. The van der Waals surface area contributed by atoms with Crippen LogP contribution in [0.5, 0.6) is 0 Å². The van der Waals surface area contributed by atoms with E-state index in [1.165, 1.54) is 7.11 Å². The summed E-state index contributed by atoms with van der Waals surface area (Å²) in [6, 6.07) is 5.09. The molecule has 2 aromatic rings. The summed E-state index contributed by atoms with van der Waals surface area (Å²) in [5.41, 5.74) is 2.63. The van der Waals surface area contributed by atoms with E-state index in [4.69, 9.17) is 16.3 Å². The Hall–Kier alpha value is -2.14. The van der Waals surface area contributed by atoms with Gasteiger partial charge in [0.15, 0.2) is 5.15 Å². The van der Waals surface area contributed by atoms with Crippen molar-refractivity contribution in [3.05, 3.63) is 50.4 Å². The number of methoxy groups -OCH3 is 1. The minimum atomic E-state index is -0.446. The molecule has 2 rings (SSSR count). The molecule has 5 nitrogen and oxygen atoms in total. The molecule has 0 bridgehead atoms. The van der Waals surface area contributed by atoms with Crippen LogP contribution in [0, 0.1) is 13.8 Å². The third-order valence-corrected chi connectivity index (χ3v) is 3.38. The van der Waals surface area contributed by atoms with Crippen LogP contribution >= 0.6 is 11.6 Å². The number of aromatic amines is 1. The summed E-state index contributed by atoms with van der Waals surface area (Å²) in [5.74, 6) is -0.446. The van der Waals surface area contributed by atoms with Crippen molar-refractivity contribution < 1.29 is 9.53 Å². The second-order valence-electron chi connectivity index (χ2n) is 4.36. The molecule has 0 fully saturated rings. The highest BCUT2D eigenvalue weighted by Crippen LogP contribution is 2.31. The average Bonchev–Trinajstić information content (AvgIpc) is 2.44. The van der Waals surface area contributed by atoms with Gasteiger partial charge in [-0.05, 0) is 37.1 Å². The first kappa shape index (κ1) is 14.3. The topological polar surface area (TPSA) is 72.0 Å². The molecule has 1 N–H and O–H groups in total. The molecular formula is C14H13ClN2O3. The molecule has 104 valence electrons. The van der Waals surface area contributed by atoms with E-state index in [0.717, 1.165) is 5.56 Å². The molecule has 0 aliphatic rings. The van der Waals surface area contributed by atoms with Crippen LogP contribution < -0.4 is 5.56 Å². The first-order valence-corrected chi connectivity index (χ1v) is 6.27. The Bertz CT molecular complexity index is 738. The van der Waals surface area contributed by atoms with Gasteiger partial charge in [-0.15, -0.1) is 0 Å². The Morgan fingerprint density at radius 2 is 2.05 bits per heavy atom. The van der Waals surface area contributed by atoms with Crippen molar-refractivity contribution in [1.29, 1.82) is 0 Å². The van der Waals surface area contributed by atoms with Crippen molar-refractivity contribution >= 4 is 17.6 Å². The molecular weight excluding hydrogens is 280 g/mol. The zero-order valence-electron chi connectivity index (χ0n) is 11.3. The number of hydrogen-bond donors (Lipinski definition) is 1. The summed E-state index contributed by atoms with van der Waals surface area (Å²) in [7, 11) is 1.31. The lowest BCUT2D eigenvalue weighted by Crippen LogP contribution is -2.13.